The van der Waals surface area contributed by atoms with Crippen molar-refractivity contribution in [3.05, 3.63) is 65.7 Å². The van der Waals surface area contributed by atoms with Gasteiger partial charge in [-0.25, -0.2) is 0 Å². The molecule has 0 aliphatic heterocycles. The highest BCUT2D eigenvalue weighted by Gasteiger charge is 2.23. The number of halogens is 1. The van der Waals surface area contributed by atoms with Gasteiger partial charge in [-0.2, -0.15) is 0 Å². The van der Waals surface area contributed by atoms with E-state index in [0.29, 0.717) is 29.6 Å². The van der Waals surface area contributed by atoms with Crippen molar-refractivity contribution >= 4 is 23.2 Å². The number of hydrogen-bond donors (Lipinski definition) is 2. The van der Waals surface area contributed by atoms with Crippen molar-refractivity contribution in [2.45, 2.75) is 19.5 Å². The second-order valence-corrected chi connectivity index (χ2v) is 6.76. The Morgan fingerprint density at radius 1 is 1.30 bits per heavy atom. The van der Waals surface area contributed by atoms with Crippen LogP contribution in [0, 0.1) is 0 Å². The minimum absolute atomic E-state index is 0.0981. The van der Waals surface area contributed by atoms with Gasteiger partial charge in [0.25, 0.3) is 5.91 Å². The normalized spacial score (nSPS) is 12.7. The van der Waals surface area contributed by atoms with Crippen LogP contribution in [0.25, 0.3) is 0 Å². The molecule has 5 nitrogen and oxygen atoms in total. The molecule has 2 atom stereocenters. The van der Waals surface area contributed by atoms with Gasteiger partial charge < -0.3 is 19.7 Å². The molecule has 6 heteroatoms. The number of anilines is 1. The number of benzene rings is 2. The molecule has 0 heterocycles. The monoisotopic (exact) mass is 389 g/mol. The number of carbonyl (C=O) groups is 1. The first-order chi connectivity index (χ1) is 12.9. The standard InChI is InChI=1S/C21H25ClN2O3/c1-5-12-27-18-9-6-16(7-10-18)14-24(3)15(2)21(25)23-19-13-17(22)8-11-20(19)26-4/h5-11,13,15H,1,12,14H2,2-4H3,(H,23,25)/p+1/t15-/m0/s1. The molecule has 0 aliphatic rings. The van der Waals surface area contributed by atoms with E-state index in [4.69, 9.17) is 21.1 Å². The van der Waals surface area contributed by atoms with Crippen molar-refractivity contribution in [2.24, 2.45) is 0 Å². The lowest BCUT2D eigenvalue weighted by Crippen LogP contribution is -3.12. The van der Waals surface area contributed by atoms with Crippen molar-refractivity contribution in [3.8, 4) is 11.5 Å². The van der Waals surface area contributed by atoms with Gasteiger partial charge in [0.15, 0.2) is 6.04 Å². The zero-order chi connectivity index (χ0) is 19.8. The summed E-state index contributed by atoms with van der Waals surface area (Å²) in [5, 5.41) is 3.44. The highest BCUT2D eigenvalue weighted by atomic mass is 35.5. The molecule has 2 aromatic rings. The van der Waals surface area contributed by atoms with E-state index >= 15 is 0 Å². The minimum Gasteiger partial charge on any atom is -0.495 e. The van der Waals surface area contributed by atoms with Crippen LogP contribution in [0.2, 0.25) is 5.02 Å². The van der Waals surface area contributed by atoms with Crippen molar-refractivity contribution in [1.82, 2.24) is 0 Å². The molecule has 0 saturated carbocycles. The van der Waals surface area contributed by atoms with Crippen molar-refractivity contribution < 1.29 is 19.2 Å². The Labute approximate surface area is 165 Å². The minimum atomic E-state index is -0.259. The summed E-state index contributed by atoms with van der Waals surface area (Å²) in [7, 11) is 3.55. The van der Waals surface area contributed by atoms with Crippen LogP contribution >= 0.6 is 11.6 Å². The largest absolute Gasteiger partial charge is 0.495 e. The summed E-state index contributed by atoms with van der Waals surface area (Å²) in [4.78, 5) is 13.7. The first-order valence-corrected chi connectivity index (χ1v) is 9.11. The summed E-state index contributed by atoms with van der Waals surface area (Å²) in [6.07, 6.45) is 1.71. The van der Waals surface area contributed by atoms with Crippen LogP contribution in [0.4, 0.5) is 5.69 Å². The van der Waals surface area contributed by atoms with Crippen molar-refractivity contribution in [2.75, 3.05) is 26.1 Å². The first kappa shape index (κ1) is 20.8. The molecule has 0 fully saturated rings. The second-order valence-electron chi connectivity index (χ2n) is 6.32. The third-order valence-electron chi connectivity index (χ3n) is 4.33. The first-order valence-electron chi connectivity index (χ1n) is 8.74. The van der Waals surface area contributed by atoms with E-state index < -0.39 is 0 Å². The smallest absolute Gasteiger partial charge is 0.282 e. The molecular formula is C21H26ClN2O3+. The SMILES string of the molecule is C=CCOc1ccc(C[NH+](C)[C@@H](C)C(=O)Nc2cc(Cl)ccc2OC)cc1. The van der Waals surface area contributed by atoms with E-state index in [9.17, 15) is 4.79 Å². The Kier molecular flexibility index (Phi) is 7.70. The van der Waals surface area contributed by atoms with Gasteiger partial charge >= 0.3 is 0 Å². The molecular weight excluding hydrogens is 364 g/mol. The molecule has 144 valence electrons. The van der Waals surface area contributed by atoms with E-state index in [1.54, 1.807) is 31.4 Å². The van der Waals surface area contributed by atoms with Gasteiger partial charge in [-0.15, -0.1) is 0 Å². The summed E-state index contributed by atoms with van der Waals surface area (Å²) in [6.45, 7) is 6.72. The van der Waals surface area contributed by atoms with Crippen molar-refractivity contribution in [1.29, 1.82) is 0 Å². The van der Waals surface area contributed by atoms with E-state index in [0.717, 1.165) is 16.2 Å². The number of ether oxygens (including phenoxy) is 2. The number of rotatable bonds is 9. The lowest BCUT2D eigenvalue weighted by Gasteiger charge is -2.22. The Hall–Kier alpha value is -2.50. The van der Waals surface area contributed by atoms with Gasteiger partial charge in [0.2, 0.25) is 0 Å². The van der Waals surface area contributed by atoms with Crippen LogP contribution in [0.3, 0.4) is 0 Å². The number of nitrogens with one attached hydrogen (secondary N) is 2. The van der Waals surface area contributed by atoms with Gasteiger partial charge in [-0.1, -0.05) is 24.3 Å². The van der Waals surface area contributed by atoms with Crippen molar-refractivity contribution in [3.63, 3.8) is 0 Å². The van der Waals surface area contributed by atoms with E-state index in [1.165, 1.54) is 0 Å². The molecule has 0 aromatic heterocycles. The quantitative estimate of drug-likeness (QED) is 0.648. The third kappa shape index (κ3) is 6.01. The zero-order valence-corrected chi connectivity index (χ0v) is 16.7. The molecule has 0 saturated heterocycles. The second kappa shape index (κ2) is 10.00. The van der Waals surface area contributed by atoms with Crippen LogP contribution in [0.5, 0.6) is 11.5 Å². The van der Waals surface area contributed by atoms with Crippen LogP contribution in [0.1, 0.15) is 12.5 Å². The number of carbonyl (C=O) groups excluding carboxylic acids is 1. The maximum atomic E-state index is 12.6. The Bertz CT molecular complexity index is 777. The summed E-state index contributed by atoms with van der Waals surface area (Å²) in [6, 6.07) is 12.7. The highest BCUT2D eigenvalue weighted by molar-refractivity contribution is 6.31. The van der Waals surface area contributed by atoms with E-state index in [2.05, 4.69) is 11.9 Å². The van der Waals surface area contributed by atoms with Crippen LogP contribution in [-0.4, -0.2) is 32.7 Å². The zero-order valence-electron chi connectivity index (χ0n) is 15.9. The summed E-state index contributed by atoms with van der Waals surface area (Å²) < 4.78 is 10.8. The molecule has 1 amide bonds. The number of amides is 1. The Morgan fingerprint density at radius 3 is 2.63 bits per heavy atom. The Balaban J connectivity index is 1.97. The van der Waals surface area contributed by atoms with Gasteiger partial charge in [0.1, 0.15) is 24.7 Å². The summed E-state index contributed by atoms with van der Waals surface area (Å²) in [5.74, 6) is 1.28. The number of quaternary nitrogens is 1. The van der Waals surface area contributed by atoms with Gasteiger partial charge in [-0.05, 0) is 49.4 Å². The number of hydrogen-bond acceptors (Lipinski definition) is 3. The maximum absolute atomic E-state index is 12.6. The van der Waals surface area contributed by atoms with Gasteiger partial charge in [0.05, 0.1) is 19.8 Å². The molecule has 2 rings (SSSR count). The van der Waals surface area contributed by atoms with Gasteiger partial charge in [-0.3, -0.25) is 4.79 Å². The maximum Gasteiger partial charge on any atom is 0.282 e. The fraction of sp³-hybridized carbons (Fsp3) is 0.286. The molecule has 2 aromatic carbocycles. The molecule has 1 unspecified atom stereocenters. The summed E-state index contributed by atoms with van der Waals surface area (Å²) in [5.41, 5.74) is 1.69. The highest BCUT2D eigenvalue weighted by Crippen LogP contribution is 2.27. The number of methoxy groups -OCH3 is 1. The predicted octanol–water partition coefficient (Wildman–Crippen LogP) is 2.96. The average molecular weight is 390 g/mol. The van der Waals surface area contributed by atoms with Crippen LogP contribution < -0.4 is 19.7 Å². The fourth-order valence-electron chi connectivity index (χ4n) is 2.58. The predicted molar refractivity (Wildman–Crippen MR) is 109 cm³/mol. The average Bonchev–Trinajstić information content (AvgIpc) is 2.67. The van der Waals surface area contributed by atoms with Crippen LogP contribution in [-0.2, 0) is 11.3 Å². The molecule has 27 heavy (non-hydrogen) atoms. The third-order valence-corrected chi connectivity index (χ3v) is 4.56. The van der Waals surface area contributed by atoms with Gasteiger partial charge in [0, 0.05) is 10.6 Å². The lowest BCUT2D eigenvalue weighted by molar-refractivity contribution is -0.907. The molecule has 2 N–H and O–H groups in total. The topological polar surface area (TPSA) is 52.0 Å². The molecule has 0 spiro atoms. The van der Waals surface area contributed by atoms with Crippen LogP contribution in [0.15, 0.2) is 55.1 Å². The molecule has 0 bridgehead atoms. The Morgan fingerprint density at radius 2 is 2.00 bits per heavy atom. The fourth-order valence-corrected chi connectivity index (χ4v) is 2.75. The lowest BCUT2D eigenvalue weighted by atomic mass is 10.1. The van der Waals surface area contributed by atoms with E-state index in [1.807, 2.05) is 38.2 Å². The number of likely N-dealkylation sites (N-methyl/N-ethyl adjacent to an activating group) is 1. The molecule has 0 aliphatic carbocycles. The van der Waals surface area contributed by atoms with E-state index in [-0.39, 0.29) is 11.9 Å². The summed E-state index contributed by atoms with van der Waals surface area (Å²) >= 11 is 6.02. The molecule has 0 radical (unpaired) electrons.